The SMILES string of the molecule is N#Cc1ccc(C(F)(F)F)nc1NCCC1CCOC1. The van der Waals surface area contributed by atoms with E-state index in [1.165, 1.54) is 0 Å². The number of nitrogens with zero attached hydrogens (tertiary/aromatic N) is 2. The molecule has 1 unspecified atom stereocenters. The van der Waals surface area contributed by atoms with Gasteiger partial charge in [0.15, 0.2) is 0 Å². The summed E-state index contributed by atoms with van der Waals surface area (Å²) in [5.74, 6) is 0.403. The molecule has 1 aromatic rings. The number of nitrogens with one attached hydrogen (secondary N) is 1. The zero-order valence-electron chi connectivity index (χ0n) is 10.7. The molecule has 0 radical (unpaired) electrons. The molecule has 7 heteroatoms. The number of hydrogen-bond acceptors (Lipinski definition) is 4. The van der Waals surface area contributed by atoms with Gasteiger partial charge < -0.3 is 10.1 Å². The first-order valence-electron chi connectivity index (χ1n) is 6.30. The first-order valence-corrected chi connectivity index (χ1v) is 6.30. The van der Waals surface area contributed by atoms with Crippen molar-refractivity contribution in [2.45, 2.75) is 19.0 Å². The van der Waals surface area contributed by atoms with Crippen LogP contribution in [0.4, 0.5) is 19.0 Å². The zero-order valence-corrected chi connectivity index (χ0v) is 10.7. The summed E-state index contributed by atoms with van der Waals surface area (Å²) in [4.78, 5) is 3.49. The first kappa shape index (κ1) is 14.6. The fourth-order valence-corrected chi connectivity index (χ4v) is 2.05. The van der Waals surface area contributed by atoms with Crippen molar-refractivity contribution < 1.29 is 17.9 Å². The quantitative estimate of drug-likeness (QED) is 0.924. The maximum atomic E-state index is 12.6. The van der Waals surface area contributed by atoms with Crippen molar-refractivity contribution in [2.24, 2.45) is 5.92 Å². The predicted molar refractivity (Wildman–Crippen MR) is 66.0 cm³/mol. The van der Waals surface area contributed by atoms with Crippen molar-refractivity contribution in [2.75, 3.05) is 25.1 Å². The van der Waals surface area contributed by atoms with E-state index in [4.69, 9.17) is 10.00 Å². The maximum absolute atomic E-state index is 12.6. The van der Waals surface area contributed by atoms with Crippen molar-refractivity contribution in [3.05, 3.63) is 23.4 Å². The van der Waals surface area contributed by atoms with Crippen LogP contribution < -0.4 is 5.32 Å². The summed E-state index contributed by atoms with van der Waals surface area (Å²) >= 11 is 0. The summed E-state index contributed by atoms with van der Waals surface area (Å²) in [5.41, 5.74) is -0.885. The van der Waals surface area contributed by atoms with Crippen molar-refractivity contribution >= 4 is 5.82 Å². The van der Waals surface area contributed by atoms with Gasteiger partial charge in [0.05, 0.1) is 5.56 Å². The lowest BCUT2D eigenvalue weighted by molar-refractivity contribution is -0.141. The van der Waals surface area contributed by atoms with Crippen LogP contribution >= 0.6 is 0 Å². The van der Waals surface area contributed by atoms with Crippen LogP contribution in [-0.4, -0.2) is 24.7 Å². The monoisotopic (exact) mass is 285 g/mol. The van der Waals surface area contributed by atoms with E-state index < -0.39 is 11.9 Å². The Bertz CT molecular complexity index is 505. The average Bonchev–Trinajstić information content (AvgIpc) is 2.90. The number of anilines is 1. The van der Waals surface area contributed by atoms with Gasteiger partial charge in [0.25, 0.3) is 0 Å². The molecule has 2 rings (SSSR count). The third kappa shape index (κ3) is 3.61. The molecular formula is C13H14F3N3O. The van der Waals surface area contributed by atoms with Crippen LogP contribution in [0.2, 0.25) is 0 Å². The topological polar surface area (TPSA) is 57.9 Å². The molecule has 1 aromatic heterocycles. The Morgan fingerprint density at radius 1 is 1.45 bits per heavy atom. The first-order chi connectivity index (χ1) is 9.50. The minimum Gasteiger partial charge on any atom is -0.381 e. The van der Waals surface area contributed by atoms with Gasteiger partial charge in [0.1, 0.15) is 17.6 Å². The molecule has 0 aliphatic carbocycles. The molecule has 1 aliphatic heterocycles. The van der Waals surface area contributed by atoms with Gasteiger partial charge in [-0.05, 0) is 30.9 Å². The lowest BCUT2D eigenvalue weighted by Gasteiger charge is -2.12. The van der Waals surface area contributed by atoms with Crippen LogP contribution in [0, 0.1) is 17.2 Å². The standard InChI is InChI=1S/C13H14F3N3O/c14-13(15,16)11-2-1-10(7-17)12(19-11)18-5-3-9-4-6-20-8-9/h1-2,9H,3-6,8H2,(H,18,19). The number of ether oxygens (including phenoxy) is 1. The molecule has 2 heterocycles. The molecule has 1 saturated heterocycles. The van der Waals surface area contributed by atoms with Crippen LogP contribution in [0.3, 0.4) is 0 Å². The summed E-state index contributed by atoms with van der Waals surface area (Å²) in [6, 6.07) is 3.79. The summed E-state index contributed by atoms with van der Waals surface area (Å²) in [7, 11) is 0. The van der Waals surface area contributed by atoms with E-state index in [0.29, 0.717) is 19.1 Å². The molecular weight excluding hydrogens is 271 g/mol. The number of halogens is 3. The van der Waals surface area contributed by atoms with Crippen molar-refractivity contribution in [3.63, 3.8) is 0 Å². The Labute approximate surface area is 114 Å². The highest BCUT2D eigenvalue weighted by molar-refractivity contribution is 5.52. The van der Waals surface area contributed by atoms with E-state index >= 15 is 0 Å². The van der Waals surface area contributed by atoms with Gasteiger partial charge in [0.2, 0.25) is 0 Å². The molecule has 4 nitrogen and oxygen atoms in total. The molecule has 0 saturated carbocycles. The van der Waals surface area contributed by atoms with E-state index in [9.17, 15) is 13.2 Å². The third-order valence-corrected chi connectivity index (χ3v) is 3.18. The molecule has 20 heavy (non-hydrogen) atoms. The van der Waals surface area contributed by atoms with Crippen LogP contribution in [0.5, 0.6) is 0 Å². The normalized spacial score (nSPS) is 18.8. The average molecular weight is 285 g/mol. The Morgan fingerprint density at radius 2 is 2.25 bits per heavy atom. The van der Waals surface area contributed by atoms with Crippen molar-refractivity contribution in [3.8, 4) is 6.07 Å². The van der Waals surface area contributed by atoms with Crippen molar-refractivity contribution in [1.29, 1.82) is 5.26 Å². The van der Waals surface area contributed by atoms with E-state index in [-0.39, 0.29) is 11.4 Å². The fraction of sp³-hybridized carbons (Fsp3) is 0.538. The van der Waals surface area contributed by atoms with Gasteiger partial charge >= 0.3 is 6.18 Å². The van der Waals surface area contributed by atoms with E-state index in [2.05, 4.69) is 10.3 Å². The highest BCUT2D eigenvalue weighted by atomic mass is 19.4. The van der Waals surface area contributed by atoms with E-state index in [1.807, 2.05) is 6.07 Å². The number of rotatable bonds is 4. The smallest absolute Gasteiger partial charge is 0.381 e. The Balaban J connectivity index is 2.02. The van der Waals surface area contributed by atoms with Gasteiger partial charge in [-0.2, -0.15) is 18.4 Å². The number of alkyl halides is 3. The molecule has 1 aliphatic rings. The Hall–Kier alpha value is -1.81. The highest BCUT2D eigenvalue weighted by Crippen LogP contribution is 2.29. The fourth-order valence-electron chi connectivity index (χ4n) is 2.05. The number of aromatic nitrogens is 1. The van der Waals surface area contributed by atoms with Crippen LogP contribution in [0.1, 0.15) is 24.1 Å². The molecule has 0 spiro atoms. The number of pyridine rings is 1. The summed E-state index contributed by atoms with van der Waals surface area (Å²) in [6.45, 7) is 1.88. The Morgan fingerprint density at radius 3 is 2.85 bits per heavy atom. The minimum atomic E-state index is -4.51. The third-order valence-electron chi connectivity index (χ3n) is 3.18. The lowest BCUT2D eigenvalue weighted by atomic mass is 10.1. The van der Waals surface area contributed by atoms with Crippen LogP contribution in [0.25, 0.3) is 0 Å². The van der Waals surface area contributed by atoms with E-state index in [0.717, 1.165) is 31.6 Å². The second-order valence-electron chi connectivity index (χ2n) is 4.65. The number of hydrogen-bond donors (Lipinski definition) is 1. The maximum Gasteiger partial charge on any atom is 0.433 e. The van der Waals surface area contributed by atoms with Gasteiger partial charge in [-0.3, -0.25) is 0 Å². The highest BCUT2D eigenvalue weighted by Gasteiger charge is 2.33. The molecule has 108 valence electrons. The minimum absolute atomic E-state index is 0.0127. The lowest BCUT2D eigenvalue weighted by Crippen LogP contribution is -2.14. The van der Waals surface area contributed by atoms with E-state index in [1.54, 1.807) is 0 Å². The summed E-state index contributed by atoms with van der Waals surface area (Å²) in [5, 5.41) is 11.7. The largest absolute Gasteiger partial charge is 0.433 e. The predicted octanol–water partition coefficient (Wildman–Crippen LogP) is 2.81. The van der Waals surface area contributed by atoms with Crippen LogP contribution in [-0.2, 0) is 10.9 Å². The summed E-state index contributed by atoms with van der Waals surface area (Å²) in [6.07, 6.45) is -2.77. The van der Waals surface area contributed by atoms with Gasteiger partial charge in [0, 0.05) is 19.8 Å². The second kappa shape index (κ2) is 6.09. The molecule has 1 N–H and O–H groups in total. The van der Waals surface area contributed by atoms with Crippen LogP contribution in [0.15, 0.2) is 12.1 Å². The number of nitriles is 1. The zero-order chi connectivity index (χ0) is 14.6. The van der Waals surface area contributed by atoms with Gasteiger partial charge in [-0.25, -0.2) is 4.98 Å². The Kier molecular flexibility index (Phi) is 4.45. The molecule has 1 atom stereocenters. The summed E-state index contributed by atoms with van der Waals surface area (Å²) < 4.78 is 43.0. The molecule has 0 aromatic carbocycles. The van der Waals surface area contributed by atoms with Gasteiger partial charge in [-0.15, -0.1) is 0 Å². The molecule has 0 amide bonds. The van der Waals surface area contributed by atoms with Crippen molar-refractivity contribution in [1.82, 2.24) is 4.98 Å². The van der Waals surface area contributed by atoms with Gasteiger partial charge in [-0.1, -0.05) is 0 Å². The second-order valence-corrected chi connectivity index (χ2v) is 4.65. The molecule has 0 bridgehead atoms. The molecule has 1 fully saturated rings.